The molecule has 0 rings (SSSR count). The number of likely N-dealkylation sites (N-methyl/N-ethyl adjacent to an activating group) is 6. The van der Waals surface area contributed by atoms with E-state index < -0.39 is 113 Å². The second-order valence-corrected chi connectivity index (χ2v) is 26.5. The highest BCUT2D eigenvalue weighted by molar-refractivity contribution is 6.02. The normalized spacial score (nSPS) is 14.7. The van der Waals surface area contributed by atoms with E-state index in [1.54, 1.807) is 48.6 Å². The highest BCUT2D eigenvalue weighted by Gasteiger charge is 2.40. The van der Waals surface area contributed by atoms with Gasteiger partial charge >= 0.3 is 6.09 Å². The topological polar surface area (TPSA) is 285 Å². The molecule has 0 aromatic heterocycles. The smallest absolute Gasteiger partial charge is 0.407 e. The minimum Gasteiger partial charge on any atom is -0.444 e. The van der Waals surface area contributed by atoms with Crippen LogP contribution in [-0.2, 0) is 52.7 Å². The SMILES string of the molecule is C=C(C(=O)N(C)[C@@H](CC(C)C)C(=O)N[C@H](C(=O)N(C)[C@@H](CC(C)C)C(=O)N[C@H](C)C(=O)NC(C)C(=O)N(C)[C@@H](CC(C)C)C(=O)NC)C(C)C)N(C)C(=O)[C@H](CC)NC(=O)C(C[C@H](C)CCCCCCNC(=O)OC(C)(C)C)N(C)C(=O)CC(C)C. The number of hydrogen-bond donors (Lipinski definition) is 6. The van der Waals surface area contributed by atoms with E-state index in [9.17, 15) is 52.7 Å². The number of ether oxygens (including phenoxy) is 1. The molecule has 0 heterocycles. The number of hydrogen-bond acceptors (Lipinski definition) is 12. The first-order valence-electron chi connectivity index (χ1n) is 31.1. The van der Waals surface area contributed by atoms with Crippen LogP contribution in [0.1, 0.15) is 188 Å². The largest absolute Gasteiger partial charge is 0.444 e. The Morgan fingerprint density at radius 1 is 0.500 bits per heavy atom. The van der Waals surface area contributed by atoms with Crippen LogP contribution < -0.4 is 31.9 Å². The zero-order valence-corrected chi connectivity index (χ0v) is 56.9. The van der Waals surface area contributed by atoms with Gasteiger partial charge in [0.15, 0.2) is 0 Å². The van der Waals surface area contributed by atoms with Gasteiger partial charge in [-0.15, -0.1) is 0 Å². The first-order valence-corrected chi connectivity index (χ1v) is 31.1. The highest BCUT2D eigenvalue weighted by atomic mass is 16.6. The predicted octanol–water partition coefficient (Wildman–Crippen LogP) is 5.74. The minimum absolute atomic E-state index is 0.0252. The Balaban J connectivity index is 6.38. The monoisotopic (exact) mass is 1220 g/mol. The first-order chi connectivity index (χ1) is 39.6. The van der Waals surface area contributed by atoms with Gasteiger partial charge in [0.05, 0.1) is 0 Å². The van der Waals surface area contributed by atoms with Crippen molar-refractivity contribution >= 4 is 65.2 Å². The summed E-state index contributed by atoms with van der Waals surface area (Å²) < 4.78 is 5.30. The summed E-state index contributed by atoms with van der Waals surface area (Å²) in [6, 6.07) is -8.45. The molecule has 0 aliphatic rings. The van der Waals surface area contributed by atoms with Gasteiger partial charge in [-0.05, 0) is 109 Å². The Labute approximate surface area is 516 Å². The molecule has 0 spiro atoms. The van der Waals surface area contributed by atoms with E-state index in [0.29, 0.717) is 19.4 Å². The van der Waals surface area contributed by atoms with E-state index >= 15 is 0 Å². The van der Waals surface area contributed by atoms with E-state index in [0.717, 1.165) is 37.0 Å². The summed E-state index contributed by atoms with van der Waals surface area (Å²) in [6.07, 6.45) is 5.15. The van der Waals surface area contributed by atoms with E-state index in [1.165, 1.54) is 68.7 Å². The lowest BCUT2D eigenvalue weighted by Crippen LogP contribution is -2.60. The Morgan fingerprint density at radius 3 is 1.43 bits per heavy atom. The first kappa shape index (κ1) is 79.7. The van der Waals surface area contributed by atoms with E-state index in [4.69, 9.17) is 4.74 Å². The second kappa shape index (κ2) is 38.1. The number of rotatable bonds is 37. The number of unbranched alkanes of at least 4 members (excludes halogenated alkanes) is 3. The minimum atomic E-state index is -1.19. The van der Waals surface area contributed by atoms with Gasteiger partial charge in [0.25, 0.3) is 5.91 Å². The average molecular weight is 1220 g/mol. The van der Waals surface area contributed by atoms with Crippen LogP contribution >= 0.6 is 0 Å². The lowest BCUT2D eigenvalue weighted by molar-refractivity contribution is -0.146. The molecule has 86 heavy (non-hydrogen) atoms. The highest BCUT2D eigenvalue weighted by Crippen LogP contribution is 2.23. The van der Waals surface area contributed by atoms with Crippen LogP contribution in [0.5, 0.6) is 0 Å². The van der Waals surface area contributed by atoms with Crippen LogP contribution in [0, 0.1) is 35.5 Å². The van der Waals surface area contributed by atoms with Crippen LogP contribution in [0.15, 0.2) is 12.3 Å². The maximum atomic E-state index is 14.5. The third-order valence-corrected chi connectivity index (χ3v) is 15.0. The summed E-state index contributed by atoms with van der Waals surface area (Å²) in [4.78, 5) is 157. The number of alkyl carbamates (subject to hydrolysis) is 1. The van der Waals surface area contributed by atoms with Crippen molar-refractivity contribution < 1.29 is 57.5 Å². The molecule has 0 radical (unpaired) electrons. The lowest BCUT2D eigenvalue weighted by atomic mass is 9.93. The number of carbonyl (C=O) groups excluding carboxylic acids is 11. The van der Waals surface area contributed by atoms with Crippen LogP contribution in [0.3, 0.4) is 0 Å². The Morgan fingerprint density at radius 2 is 0.953 bits per heavy atom. The van der Waals surface area contributed by atoms with Gasteiger partial charge in [0.1, 0.15) is 59.6 Å². The number of carbonyl (C=O) groups is 11. The summed E-state index contributed by atoms with van der Waals surface area (Å²) in [5, 5.41) is 16.4. The van der Waals surface area contributed by atoms with E-state index in [-0.39, 0.29) is 72.8 Å². The fourth-order valence-corrected chi connectivity index (χ4v) is 9.74. The molecule has 0 saturated carbocycles. The van der Waals surface area contributed by atoms with E-state index in [2.05, 4.69) is 38.5 Å². The molecule has 11 amide bonds. The molecule has 23 nitrogen and oxygen atoms in total. The Bertz CT molecular complexity index is 2270. The zero-order chi connectivity index (χ0) is 66.8. The maximum Gasteiger partial charge on any atom is 0.407 e. The second-order valence-electron chi connectivity index (χ2n) is 26.5. The number of nitrogens with one attached hydrogen (secondary N) is 6. The van der Waals surface area contributed by atoms with Crippen LogP contribution in [0.4, 0.5) is 4.79 Å². The van der Waals surface area contributed by atoms with Crippen molar-refractivity contribution in [2.45, 2.75) is 242 Å². The predicted molar refractivity (Wildman–Crippen MR) is 335 cm³/mol. The molecule has 23 heteroatoms. The maximum absolute atomic E-state index is 14.5. The van der Waals surface area contributed by atoms with Crippen LogP contribution in [-0.4, -0.2) is 192 Å². The van der Waals surface area contributed by atoms with Gasteiger partial charge in [0, 0.05) is 55.3 Å². The molecule has 0 fully saturated rings. The average Bonchev–Trinajstić information content (AvgIpc) is 3.34. The molecule has 0 aromatic rings. The summed E-state index contributed by atoms with van der Waals surface area (Å²) in [5.74, 6) is -6.21. The van der Waals surface area contributed by atoms with Crippen molar-refractivity contribution in [1.29, 1.82) is 0 Å². The van der Waals surface area contributed by atoms with Crippen LogP contribution in [0.2, 0.25) is 0 Å². The molecule has 0 saturated heterocycles. The zero-order valence-electron chi connectivity index (χ0n) is 56.9. The third kappa shape index (κ3) is 27.6. The quantitative estimate of drug-likeness (QED) is 0.0321. The summed E-state index contributed by atoms with van der Waals surface area (Å²) in [6.45, 7) is 35.1. The van der Waals surface area contributed by atoms with Crippen molar-refractivity contribution in [3.8, 4) is 0 Å². The molecule has 0 aliphatic carbocycles. The molecule has 6 N–H and O–H groups in total. The van der Waals surface area contributed by atoms with Crippen molar-refractivity contribution in [2.24, 2.45) is 35.5 Å². The van der Waals surface area contributed by atoms with Gasteiger partial charge in [-0.2, -0.15) is 0 Å². The molecular formula is C63H115N11O12. The van der Waals surface area contributed by atoms with Crippen molar-refractivity contribution in [1.82, 2.24) is 56.4 Å². The summed E-state index contributed by atoms with van der Waals surface area (Å²) in [7, 11) is 8.77. The molecule has 0 bridgehead atoms. The van der Waals surface area contributed by atoms with Gasteiger partial charge < -0.3 is 61.1 Å². The molecule has 2 unspecified atom stereocenters. The number of nitrogens with zero attached hydrogens (tertiary/aromatic N) is 5. The molecule has 494 valence electrons. The fourth-order valence-electron chi connectivity index (χ4n) is 9.74. The molecule has 0 aliphatic heterocycles. The van der Waals surface area contributed by atoms with Crippen LogP contribution in [0.25, 0.3) is 0 Å². The van der Waals surface area contributed by atoms with Crippen molar-refractivity contribution in [3.05, 3.63) is 12.3 Å². The molecular weight excluding hydrogens is 1100 g/mol. The standard InChI is InChI=1S/C63H115N11O12/c1-25-46(68-56(79)50(71(21)51(75)35-40(8)9)36-42(12)30-28-26-27-29-31-65-62(85)86-63(16,17)18)60(83)70(20)45(15)59(82)73(23)49(34-39(6)7)57(80)69-52(41(10)11)61(84)74(24)48(33-38(4)5)55(78)66-43(13)53(76)67-44(14)58(81)72(22)47(32-37(2)3)54(77)64-19/h37-44,46-50,52H,15,25-36H2,1-14,16-24H3,(H,64,77)(H,65,85)(H,66,78)(H,67,76)(H,68,79)(H,69,80)/t42-,43-,44?,46+,47+,48+,49+,50?,52+/m1/s1. The molecule has 9 atom stereocenters. The van der Waals surface area contributed by atoms with Crippen molar-refractivity contribution in [3.63, 3.8) is 0 Å². The van der Waals surface area contributed by atoms with Gasteiger partial charge in [-0.25, -0.2) is 4.79 Å². The van der Waals surface area contributed by atoms with Gasteiger partial charge in [-0.1, -0.05) is 115 Å². The van der Waals surface area contributed by atoms with Gasteiger partial charge in [-0.3, -0.25) is 47.9 Å². The summed E-state index contributed by atoms with van der Waals surface area (Å²) >= 11 is 0. The van der Waals surface area contributed by atoms with Crippen molar-refractivity contribution in [2.75, 3.05) is 48.8 Å². The van der Waals surface area contributed by atoms with Gasteiger partial charge in [0.2, 0.25) is 53.2 Å². The fraction of sp³-hybridized carbons (Fsp3) is 0.794. The lowest BCUT2D eigenvalue weighted by Gasteiger charge is -2.36. The molecule has 0 aromatic carbocycles. The Kier molecular flexibility index (Phi) is 35.3. The number of amides is 11. The summed E-state index contributed by atoms with van der Waals surface area (Å²) in [5.41, 5.74) is -0.863. The Hall–Kier alpha value is -6.29. The third-order valence-electron chi connectivity index (χ3n) is 15.0. The van der Waals surface area contributed by atoms with E-state index in [1.807, 2.05) is 62.3 Å².